The number of hydrogen-bond acceptors (Lipinski definition) is 10. The van der Waals surface area contributed by atoms with E-state index in [9.17, 15) is 19.8 Å². The summed E-state index contributed by atoms with van der Waals surface area (Å²) in [5, 5.41) is 27.0. The monoisotopic (exact) mass is 525 g/mol. The second kappa shape index (κ2) is 10.9. The molecule has 2 aliphatic heterocycles. The van der Waals surface area contributed by atoms with Gasteiger partial charge in [0.05, 0.1) is 5.82 Å². The molecule has 1 atom stereocenters. The summed E-state index contributed by atoms with van der Waals surface area (Å²) < 4.78 is 18.2. The molecule has 6 N–H and O–H groups in total. The Morgan fingerprint density at radius 1 is 1.39 bits per heavy atom. The number of fused-ring (bicyclic) bond motifs is 2. The lowest BCUT2D eigenvalue weighted by Gasteiger charge is -2.40. The van der Waals surface area contributed by atoms with Crippen LogP contribution in [-0.2, 0) is 29.0 Å². The number of dihydropyridines is 1. The zero-order valence-electron chi connectivity index (χ0n) is 22.1. The van der Waals surface area contributed by atoms with E-state index < -0.39 is 29.7 Å². The quantitative estimate of drug-likeness (QED) is 0.255. The van der Waals surface area contributed by atoms with Gasteiger partial charge < -0.3 is 40.5 Å². The number of aliphatic hydroxyl groups is 1. The van der Waals surface area contributed by atoms with Gasteiger partial charge in [0.25, 0.3) is 0 Å². The van der Waals surface area contributed by atoms with E-state index in [0.717, 1.165) is 11.6 Å². The first-order chi connectivity index (χ1) is 18.1. The van der Waals surface area contributed by atoms with Gasteiger partial charge in [0.1, 0.15) is 46.5 Å². The van der Waals surface area contributed by atoms with Crippen LogP contribution in [0.15, 0.2) is 50.5 Å². The van der Waals surface area contributed by atoms with E-state index in [-0.39, 0.29) is 28.9 Å². The molecule has 0 saturated heterocycles. The molecule has 4 rings (SSSR count). The Morgan fingerprint density at radius 2 is 2.16 bits per heavy atom. The average Bonchev–Trinajstić information content (AvgIpc) is 2.87. The van der Waals surface area contributed by atoms with Gasteiger partial charge >= 0.3 is 5.97 Å². The van der Waals surface area contributed by atoms with Crippen molar-refractivity contribution >= 4 is 16.9 Å². The maximum Gasteiger partial charge on any atom is 0.334 e. The Balaban J connectivity index is 1.84. The molecule has 0 saturated carbocycles. The molecule has 0 spiro atoms. The van der Waals surface area contributed by atoms with Gasteiger partial charge in [0.15, 0.2) is 5.43 Å². The van der Waals surface area contributed by atoms with Crippen molar-refractivity contribution in [1.82, 2.24) is 10.6 Å². The molecule has 10 nitrogen and oxygen atoms in total. The van der Waals surface area contributed by atoms with E-state index in [1.165, 1.54) is 0 Å². The molecule has 0 aliphatic carbocycles. The number of benzene rings is 1. The highest BCUT2D eigenvalue weighted by Crippen LogP contribution is 2.47. The Labute approximate surface area is 220 Å². The number of rotatable bonds is 8. The molecule has 10 heteroatoms. The van der Waals surface area contributed by atoms with Crippen molar-refractivity contribution in [2.45, 2.75) is 58.3 Å². The minimum absolute atomic E-state index is 0.0148. The van der Waals surface area contributed by atoms with Crippen molar-refractivity contribution in [1.29, 1.82) is 0 Å². The van der Waals surface area contributed by atoms with E-state index in [0.29, 0.717) is 54.2 Å². The van der Waals surface area contributed by atoms with Crippen LogP contribution in [0.4, 0.5) is 0 Å². The summed E-state index contributed by atoms with van der Waals surface area (Å²) in [6.07, 6.45) is 5.66. The number of nitrogens with two attached hydrogens (primary N) is 1. The third-order valence-electron chi connectivity index (χ3n) is 6.93. The molecule has 0 fully saturated rings. The largest absolute Gasteiger partial charge is 0.507 e. The molecule has 204 valence electrons. The number of hydrogen-bond donors (Lipinski definition) is 5. The normalized spacial score (nSPS) is 18.7. The van der Waals surface area contributed by atoms with Crippen LogP contribution in [-0.4, -0.2) is 48.0 Å². The molecular weight excluding hydrogens is 490 g/mol. The van der Waals surface area contributed by atoms with Gasteiger partial charge in [-0.05, 0) is 52.4 Å². The minimum Gasteiger partial charge on any atom is -0.507 e. The molecule has 2 aliphatic rings. The number of ether oxygens (including phenoxy) is 2. The third kappa shape index (κ3) is 5.27. The maximum atomic E-state index is 13.0. The molecule has 1 aromatic heterocycles. The molecular formula is C28H35N3O7. The van der Waals surface area contributed by atoms with Crippen molar-refractivity contribution in [3.05, 3.63) is 68.4 Å². The molecule has 38 heavy (non-hydrogen) atoms. The number of esters is 1. The summed E-state index contributed by atoms with van der Waals surface area (Å²) in [5.41, 5.74) is 6.95. The van der Waals surface area contributed by atoms with Crippen molar-refractivity contribution in [3.8, 4) is 11.5 Å². The Bertz CT molecular complexity index is 1400. The fourth-order valence-corrected chi connectivity index (χ4v) is 4.78. The second-order valence-corrected chi connectivity index (χ2v) is 9.98. The van der Waals surface area contributed by atoms with E-state index in [1.54, 1.807) is 19.1 Å². The Morgan fingerprint density at radius 3 is 2.82 bits per heavy atom. The summed E-state index contributed by atoms with van der Waals surface area (Å²) in [7, 11) is 1.81. The van der Waals surface area contributed by atoms with E-state index >= 15 is 0 Å². The number of phenolic OH excluding ortho intramolecular Hbond substituents is 1. The highest BCUT2D eigenvalue weighted by molar-refractivity contribution is 5.91. The van der Waals surface area contributed by atoms with Crippen LogP contribution in [0.25, 0.3) is 11.0 Å². The van der Waals surface area contributed by atoms with Crippen LogP contribution < -0.4 is 26.5 Å². The summed E-state index contributed by atoms with van der Waals surface area (Å²) >= 11 is 0. The number of carbonyl (C=O) groups excluding carboxylic acids is 1. The topological polar surface area (TPSA) is 156 Å². The van der Waals surface area contributed by atoms with Crippen molar-refractivity contribution in [3.63, 3.8) is 0 Å². The fraction of sp³-hybridized carbons (Fsp3) is 0.429. The molecule has 2 aromatic rings. The minimum atomic E-state index is -0.967. The highest BCUT2D eigenvalue weighted by atomic mass is 16.6. The van der Waals surface area contributed by atoms with Crippen molar-refractivity contribution in [2.24, 2.45) is 5.73 Å². The van der Waals surface area contributed by atoms with Gasteiger partial charge in [-0.2, -0.15) is 0 Å². The van der Waals surface area contributed by atoms with Crippen molar-refractivity contribution in [2.75, 3.05) is 20.1 Å². The summed E-state index contributed by atoms with van der Waals surface area (Å²) in [5.74, 6) is 0.187. The van der Waals surface area contributed by atoms with Crippen molar-refractivity contribution < 1.29 is 28.9 Å². The maximum absolute atomic E-state index is 13.0. The molecule has 1 aromatic carbocycles. The van der Waals surface area contributed by atoms with E-state index in [1.807, 2.05) is 27.0 Å². The molecule has 0 amide bonds. The van der Waals surface area contributed by atoms with Gasteiger partial charge in [-0.1, -0.05) is 12.2 Å². The predicted octanol–water partition coefficient (Wildman–Crippen LogP) is 2.04. The van der Waals surface area contributed by atoms with Gasteiger partial charge in [-0.15, -0.1) is 0 Å². The van der Waals surface area contributed by atoms with Crippen LogP contribution in [0.1, 0.15) is 44.1 Å². The van der Waals surface area contributed by atoms with Crippen LogP contribution >= 0.6 is 0 Å². The van der Waals surface area contributed by atoms with Gasteiger partial charge in [0.2, 0.25) is 0 Å². The lowest BCUT2D eigenvalue weighted by Crippen LogP contribution is -2.49. The smallest absolute Gasteiger partial charge is 0.334 e. The zero-order chi connectivity index (χ0) is 27.6. The number of aliphatic hydroxyl groups excluding tert-OH is 1. The second-order valence-electron chi connectivity index (χ2n) is 9.98. The Kier molecular flexibility index (Phi) is 7.84. The molecule has 3 heterocycles. The SMILES string of the molecule is CC=C(CCNC)C(=O)OC1Cc2c(c(CC3=CCNC(N)=C3)c3oc(CO)cc(=O)c3c2O)OC1(C)C. The van der Waals surface area contributed by atoms with Gasteiger partial charge in [0, 0.05) is 42.2 Å². The number of carbonyl (C=O) groups is 1. The highest BCUT2D eigenvalue weighted by Gasteiger charge is 2.43. The third-order valence-corrected chi connectivity index (χ3v) is 6.93. The number of phenols is 1. The number of allylic oxidation sites excluding steroid dienone is 3. The summed E-state index contributed by atoms with van der Waals surface area (Å²) in [6.45, 7) is 6.08. The molecule has 1 unspecified atom stereocenters. The average molecular weight is 526 g/mol. The van der Waals surface area contributed by atoms with Gasteiger partial charge in [-0.25, -0.2) is 4.79 Å². The summed E-state index contributed by atoms with van der Waals surface area (Å²) in [4.78, 5) is 26.0. The number of nitrogens with one attached hydrogen (secondary N) is 2. The number of aromatic hydroxyl groups is 1. The van der Waals surface area contributed by atoms with Crippen LogP contribution in [0, 0.1) is 0 Å². The van der Waals surface area contributed by atoms with E-state index in [2.05, 4.69) is 10.6 Å². The standard InChI is InChI=1S/C28H35N3O7/c1-5-16(7-8-30-4)27(35)37-21-13-18-24(34)23-20(33)12-17(14-32)36-26(23)19(25(18)38-28(21,2)3)10-15-6-9-31-22(29)11-15/h5-6,11-12,21,30-32,34H,7-10,13-14,29H2,1-4H3. The predicted molar refractivity (Wildman–Crippen MR) is 143 cm³/mol. The van der Waals surface area contributed by atoms with Crippen LogP contribution in [0.5, 0.6) is 11.5 Å². The molecule has 0 radical (unpaired) electrons. The lowest BCUT2D eigenvalue weighted by molar-refractivity contribution is -0.156. The first-order valence-corrected chi connectivity index (χ1v) is 12.6. The fourth-order valence-electron chi connectivity index (χ4n) is 4.78. The van der Waals surface area contributed by atoms with Crippen LogP contribution in [0.2, 0.25) is 0 Å². The summed E-state index contributed by atoms with van der Waals surface area (Å²) in [6, 6.07) is 1.16. The lowest BCUT2D eigenvalue weighted by atomic mass is 9.86. The van der Waals surface area contributed by atoms with Crippen LogP contribution in [0.3, 0.4) is 0 Å². The molecule has 0 bridgehead atoms. The van der Waals surface area contributed by atoms with Gasteiger partial charge in [-0.3, -0.25) is 4.79 Å². The zero-order valence-corrected chi connectivity index (χ0v) is 22.1. The van der Waals surface area contributed by atoms with E-state index in [4.69, 9.17) is 19.6 Å². The first kappa shape index (κ1) is 27.3. The first-order valence-electron chi connectivity index (χ1n) is 12.6. The Hall–Kier alpha value is -3.76.